The molecule has 0 radical (unpaired) electrons. The third kappa shape index (κ3) is 3.30. The maximum atomic E-state index is 11.6. The summed E-state index contributed by atoms with van der Waals surface area (Å²) in [6.07, 6.45) is 0. The van der Waals surface area contributed by atoms with E-state index in [2.05, 4.69) is 9.72 Å². The number of carbonyl (C=O) groups excluding carboxylic acids is 1. The molecule has 0 atom stereocenters. The minimum atomic E-state index is -0.572. The molecule has 0 aliphatic carbocycles. The van der Waals surface area contributed by atoms with Crippen molar-refractivity contribution in [1.29, 1.82) is 5.26 Å². The predicted molar refractivity (Wildman–Crippen MR) is 81.6 cm³/mol. The number of rotatable bonds is 3. The van der Waals surface area contributed by atoms with E-state index in [-0.39, 0.29) is 22.0 Å². The fraction of sp³-hybridized carbons (Fsp3) is 0.133. The summed E-state index contributed by atoms with van der Waals surface area (Å²) in [5.41, 5.74) is 0.677. The number of benzene rings is 1. The van der Waals surface area contributed by atoms with E-state index in [0.29, 0.717) is 16.5 Å². The fourth-order valence-electron chi connectivity index (χ4n) is 1.72. The van der Waals surface area contributed by atoms with Crippen LogP contribution >= 0.6 is 23.2 Å². The lowest BCUT2D eigenvalue weighted by molar-refractivity contribution is 0.0599. The average molecular weight is 337 g/mol. The Kier molecular flexibility index (Phi) is 4.86. The number of aromatic nitrogens is 1. The molecule has 1 aromatic carbocycles. The second-order valence-corrected chi connectivity index (χ2v) is 5.10. The summed E-state index contributed by atoms with van der Waals surface area (Å²) in [6, 6.07) is 7.98. The number of nitriles is 1. The molecule has 0 saturated heterocycles. The molecule has 0 amide bonds. The Bertz CT molecular complexity index is 785. The van der Waals surface area contributed by atoms with Crippen molar-refractivity contribution in [1.82, 2.24) is 4.98 Å². The van der Waals surface area contributed by atoms with Crippen molar-refractivity contribution in [2.75, 3.05) is 7.11 Å². The largest absolute Gasteiger partial charge is 0.465 e. The van der Waals surface area contributed by atoms with Crippen LogP contribution in [-0.2, 0) is 4.74 Å². The van der Waals surface area contributed by atoms with E-state index < -0.39 is 5.97 Å². The first kappa shape index (κ1) is 16.1. The number of aryl methyl sites for hydroxylation is 1. The monoisotopic (exact) mass is 336 g/mol. The van der Waals surface area contributed by atoms with Crippen LogP contribution in [0.1, 0.15) is 21.6 Å². The molecular weight excluding hydrogens is 327 g/mol. The molecule has 1 aromatic heterocycles. The number of nitrogens with zero attached hydrogens (tertiary/aromatic N) is 2. The Morgan fingerprint density at radius 2 is 2.05 bits per heavy atom. The van der Waals surface area contributed by atoms with Crippen LogP contribution < -0.4 is 4.74 Å². The van der Waals surface area contributed by atoms with Crippen LogP contribution in [-0.4, -0.2) is 18.1 Å². The number of esters is 1. The van der Waals surface area contributed by atoms with Gasteiger partial charge < -0.3 is 9.47 Å². The van der Waals surface area contributed by atoms with E-state index in [1.165, 1.54) is 19.2 Å². The Hall–Kier alpha value is -2.29. The molecular formula is C15H10Cl2N2O3. The van der Waals surface area contributed by atoms with Crippen molar-refractivity contribution in [2.24, 2.45) is 0 Å². The minimum Gasteiger partial charge on any atom is -0.465 e. The van der Waals surface area contributed by atoms with Crippen molar-refractivity contribution in [3.8, 4) is 17.7 Å². The Morgan fingerprint density at radius 1 is 1.32 bits per heavy atom. The number of hydrogen-bond acceptors (Lipinski definition) is 5. The van der Waals surface area contributed by atoms with Crippen molar-refractivity contribution in [3.05, 3.63) is 51.1 Å². The third-order valence-electron chi connectivity index (χ3n) is 2.80. The zero-order valence-electron chi connectivity index (χ0n) is 11.7. The smallest absolute Gasteiger partial charge is 0.339 e. The van der Waals surface area contributed by atoms with Crippen LogP contribution in [0.4, 0.5) is 0 Å². The molecule has 0 fully saturated rings. The zero-order chi connectivity index (χ0) is 16.3. The summed E-state index contributed by atoms with van der Waals surface area (Å²) < 4.78 is 10.2. The van der Waals surface area contributed by atoms with E-state index in [0.717, 1.165) is 0 Å². The van der Waals surface area contributed by atoms with Crippen molar-refractivity contribution >= 4 is 29.2 Å². The van der Waals surface area contributed by atoms with Gasteiger partial charge in [-0.25, -0.2) is 9.78 Å². The lowest BCUT2D eigenvalue weighted by Crippen LogP contribution is -2.07. The first-order valence-corrected chi connectivity index (χ1v) is 6.84. The molecule has 0 saturated carbocycles. The summed E-state index contributed by atoms with van der Waals surface area (Å²) in [5.74, 6) is -0.213. The van der Waals surface area contributed by atoms with Crippen molar-refractivity contribution < 1.29 is 14.3 Å². The zero-order valence-corrected chi connectivity index (χ0v) is 13.2. The number of carbonyl (C=O) groups is 1. The van der Waals surface area contributed by atoms with Crippen LogP contribution in [0, 0.1) is 18.3 Å². The van der Waals surface area contributed by atoms with E-state index in [9.17, 15) is 10.1 Å². The van der Waals surface area contributed by atoms with Gasteiger partial charge in [0.05, 0.1) is 23.4 Å². The Balaban J connectivity index is 2.45. The van der Waals surface area contributed by atoms with Crippen LogP contribution in [0.25, 0.3) is 0 Å². The second-order valence-electron chi connectivity index (χ2n) is 4.25. The first-order valence-electron chi connectivity index (χ1n) is 6.09. The summed E-state index contributed by atoms with van der Waals surface area (Å²) in [5, 5.41) is 9.95. The van der Waals surface area contributed by atoms with Gasteiger partial charge in [0.2, 0.25) is 5.88 Å². The maximum absolute atomic E-state index is 11.6. The molecule has 0 bridgehead atoms. The van der Waals surface area contributed by atoms with Gasteiger partial charge in [-0.15, -0.1) is 0 Å². The highest BCUT2D eigenvalue weighted by Crippen LogP contribution is 2.32. The van der Waals surface area contributed by atoms with Gasteiger partial charge in [-0.2, -0.15) is 5.26 Å². The van der Waals surface area contributed by atoms with Gasteiger partial charge in [-0.1, -0.05) is 23.2 Å². The van der Waals surface area contributed by atoms with Crippen molar-refractivity contribution in [3.63, 3.8) is 0 Å². The molecule has 112 valence electrons. The quantitative estimate of drug-likeness (QED) is 0.787. The molecule has 2 aromatic rings. The number of methoxy groups -OCH3 is 1. The molecule has 22 heavy (non-hydrogen) atoms. The summed E-state index contributed by atoms with van der Waals surface area (Å²) in [4.78, 5) is 15.7. The van der Waals surface area contributed by atoms with Gasteiger partial charge in [0.1, 0.15) is 17.4 Å². The van der Waals surface area contributed by atoms with Gasteiger partial charge in [0.15, 0.2) is 0 Å². The normalized spacial score (nSPS) is 9.95. The second kappa shape index (κ2) is 6.65. The molecule has 0 unspecified atom stereocenters. The lowest BCUT2D eigenvalue weighted by Gasteiger charge is -2.11. The van der Waals surface area contributed by atoms with E-state index in [1.54, 1.807) is 19.1 Å². The topological polar surface area (TPSA) is 72.2 Å². The maximum Gasteiger partial charge on any atom is 0.339 e. The Morgan fingerprint density at radius 3 is 2.64 bits per heavy atom. The van der Waals surface area contributed by atoms with Crippen LogP contribution in [0.3, 0.4) is 0 Å². The van der Waals surface area contributed by atoms with Crippen LogP contribution in [0.2, 0.25) is 10.0 Å². The van der Waals surface area contributed by atoms with Crippen LogP contribution in [0.15, 0.2) is 24.3 Å². The average Bonchev–Trinajstić information content (AvgIpc) is 2.49. The molecule has 2 rings (SSSR count). The summed E-state index contributed by atoms with van der Waals surface area (Å²) in [7, 11) is 1.26. The highest BCUT2D eigenvalue weighted by Gasteiger charge is 2.17. The van der Waals surface area contributed by atoms with Gasteiger partial charge in [0.25, 0.3) is 0 Å². The minimum absolute atomic E-state index is 0.0527. The lowest BCUT2D eigenvalue weighted by atomic mass is 10.1. The molecule has 0 aliphatic heterocycles. The van der Waals surface area contributed by atoms with E-state index in [1.807, 2.05) is 6.07 Å². The van der Waals surface area contributed by atoms with Gasteiger partial charge in [-0.05, 0) is 31.2 Å². The van der Waals surface area contributed by atoms with Crippen molar-refractivity contribution in [2.45, 2.75) is 6.92 Å². The summed E-state index contributed by atoms with van der Waals surface area (Å²) in [6.45, 7) is 1.61. The first-order chi connectivity index (χ1) is 10.5. The predicted octanol–water partition coefficient (Wildman–Crippen LogP) is 4.15. The highest BCUT2D eigenvalue weighted by molar-refractivity contribution is 6.35. The molecule has 7 heteroatoms. The molecule has 0 N–H and O–H groups in total. The number of hydrogen-bond donors (Lipinski definition) is 0. The molecule has 5 nitrogen and oxygen atoms in total. The van der Waals surface area contributed by atoms with E-state index >= 15 is 0 Å². The number of pyridine rings is 1. The third-order valence-corrected chi connectivity index (χ3v) is 3.33. The van der Waals surface area contributed by atoms with Crippen LogP contribution in [0.5, 0.6) is 11.6 Å². The Labute approximate surface area is 137 Å². The number of ether oxygens (including phenoxy) is 2. The number of halogens is 2. The van der Waals surface area contributed by atoms with Gasteiger partial charge >= 0.3 is 5.97 Å². The molecule has 0 aliphatic rings. The SMILES string of the molecule is COC(=O)c1cc(C#N)c(Oc2ccc(Cl)cc2Cl)nc1C. The standard InChI is InChI=1S/C15H10Cl2N2O3/c1-8-11(15(20)21-2)5-9(7-18)14(19-8)22-13-4-3-10(16)6-12(13)17/h3-6H,1-2H3. The molecule has 1 heterocycles. The van der Waals surface area contributed by atoms with E-state index in [4.69, 9.17) is 27.9 Å². The van der Waals surface area contributed by atoms with Gasteiger partial charge in [-0.3, -0.25) is 0 Å². The highest BCUT2D eigenvalue weighted by atomic mass is 35.5. The van der Waals surface area contributed by atoms with Gasteiger partial charge in [0, 0.05) is 5.02 Å². The fourth-order valence-corrected chi connectivity index (χ4v) is 2.17. The summed E-state index contributed by atoms with van der Waals surface area (Å²) >= 11 is 11.8. The molecule has 0 spiro atoms.